The van der Waals surface area contributed by atoms with Gasteiger partial charge in [0.1, 0.15) is 17.1 Å². The Morgan fingerprint density at radius 2 is 1.88 bits per heavy atom. The van der Waals surface area contributed by atoms with Crippen molar-refractivity contribution in [3.63, 3.8) is 0 Å². The van der Waals surface area contributed by atoms with Gasteiger partial charge in [0.2, 0.25) is 0 Å². The highest BCUT2D eigenvalue weighted by Crippen LogP contribution is 2.49. The van der Waals surface area contributed by atoms with Gasteiger partial charge in [0.15, 0.2) is 5.78 Å². The van der Waals surface area contributed by atoms with Crippen molar-refractivity contribution >= 4 is 5.78 Å². The molecule has 2 aliphatic carbocycles. The summed E-state index contributed by atoms with van der Waals surface area (Å²) in [7, 11) is 0. The van der Waals surface area contributed by atoms with Crippen LogP contribution in [0.25, 0.3) is 11.1 Å². The number of carbonyl (C=O) groups is 1. The number of ketones is 1. The van der Waals surface area contributed by atoms with Gasteiger partial charge in [0.05, 0.1) is 0 Å². The van der Waals surface area contributed by atoms with Crippen LogP contribution in [0.15, 0.2) is 59.1 Å². The molecule has 1 aromatic carbocycles. The van der Waals surface area contributed by atoms with Crippen molar-refractivity contribution in [1.29, 1.82) is 0 Å². The van der Waals surface area contributed by atoms with Crippen LogP contribution in [0.2, 0.25) is 0 Å². The Labute approximate surface area is 188 Å². The van der Waals surface area contributed by atoms with Crippen molar-refractivity contribution in [2.75, 3.05) is 0 Å². The second-order valence-electron chi connectivity index (χ2n) is 9.39. The molecule has 32 heavy (non-hydrogen) atoms. The molecule has 0 amide bonds. The largest absolute Gasteiger partial charge is 0.508 e. The van der Waals surface area contributed by atoms with Crippen molar-refractivity contribution in [2.24, 2.45) is 29.6 Å². The molecular formula is C27H31NO4. The van der Waals surface area contributed by atoms with Gasteiger partial charge in [-0.25, -0.2) is 0 Å². The summed E-state index contributed by atoms with van der Waals surface area (Å²) in [5.74, 6) is 0.391. The molecule has 2 aromatic rings. The number of phenols is 1. The topological polar surface area (TPSA) is 90.4 Å². The number of aromatic hydroxyl groups is 2. The van der Waals surface area contributed by atoms with Gasteiger partial charge in [-0.1, -0.05) is 49.3 Å². The van der Waals surface area contributed by atoms with Crippen LogP contribution >= 0.6 is 0 Å². The minimum Gasteiger partial charge on any atom is -0.508 e. The van der Waals surface area contributed by atoms with Crippen molar-refractivity contribution in [2.45, 2.75) is 40.0 Å². The van der Waals surface area contributed by atoms with Crippen molar-refractivity contribution < 1.29 is 15.0 Å². The summed E-state index contributed by atoms with van der Waals surface area (Å²) in [6, 6.07) is 6.28. The van der Waals surface area contributed by atoms with Gasteiger partial charge < -0.3 is 15.2 Å². The van der Waals surface area contributed by atoms with E-state index in [4.69, 9.17) is 0 Å². The Hall–Kier alpha value is -3.08. The number of benzene rings is 1. The average Bonchev–Trinajstić information content (AvgIpc) is 2.76. The van der Waals surface area contributed by atoms with Crippen LogP contribution in [-0.4, -0.2) is 21.0 Å². The summed E-state index contributed by atoms with van der Waals surface area (Å²) in [4.78, 5) is 29.1. The second-order valence-corrected chi connectivity index (χ2v) is 9.39. The molecule has 5 heteroatoms. The third kappa shape index (κ3) is 3.92. The lowest BCUT2D eigenvalue weighted by Gasteiger charge is -2.45. The summed E-state index contributed by atoms with van der Waals surface area (Å²) >= 11 is 0. The van der Waals surface area contributed by atoms with Crippen LogP contribution < -0.4 is 5.56 Å². The summed E-state index contributed by atoms with van der Waals surface area (Å²) in [6.07, 6.45) is 10.9. The highest BCUT2D eigenvalue weighted by molar-refractivity contribution is 6.03. The molecule has 168 valence electrons. The SMILES string of the molecule is C/C=C/[C@@H]1C2C[C@@H](C)CC[C@@H]2C(C)=C[C@H]1C(=O)c1c(O)c(-c2ccc(O)cc2)c[nH]c1=O. The average molecular weight is 434 g/mol. The molecule has 5 atom stereocenters. The number of Topliss-reactive ketones (excluding diaryl/α,β-unsaturated/α-hetero) is 1. The Kier molecular flexibility index (Phi) is 6.09. The summed E-state index contributed by atoms with van der Waals surface area (Å²) in [5.41, 5.74) is 1.40. The molecule has 2 aliphatic rings. The van der Waals surface area contributed by atoms with Crippen LogP contribution in [0.3, 0.4) is 0 Å². The van der Waals surface area contributed by atoms with E-state index in [1.54, 1.807) is 12.1 Å². The predicted molar refractivity (Wildman–Crippen MR) is 126 cm³/mol. The van der Waals surface area contributed by atoms with Crippen LogP contribution in [0.4, 0.5) is 0 Å². The molecule has 1 unspecified atom stereocenters. The Balaban J connectivity index is 1.79. The van der Waals surface area contributed by atoms with Crippen LogP contribution in [0, 0.1) is 29.6 Å². The summed E-state index contributed by atoms with van der Waals surface area (Å²) < 4.78 is 0. The van der Waals surface area contributed by atoms with E-state index in [9.17, 15) is 19.8 Å². The van der Waals surface area contributed by atoms with Gasteiger partial charge >= 0.3 is 0 Å². The first-order chi connectivity index (χ1) is 15.3. The number of rotatable bonds is 4. The van der Waals surface area contributed by atoms with E-state index < -0.39 is 11.5 Å². The van der Waals surface area contributed by atoms with E-state index in [0.29, 0.717) is 28.9 Å². The van der Waals surface area contributed by atoms with Crippen LogP contribution in [-0.2, 0) is 0 Å². The van der Waals surface area contributed by atoms with Crippen LogP contribution in [0.1, 0.15) is 50.4 Å². The highest BCUT2D eigenvalue weighted by Gasteiger charge is 2.43. The summed E-state index contributed by atoms with van der Waals surface area (Å²) in [6.45, 7) is 6.32. The van der Waals surface area contributed by atoms with E-state index in [2.05, 4.69) is 24.9 Å². The zero-order valence-electron chi connectivity index (χ0n) is 18.8. The fraction of sp³-hybridized carbons (Fsp3) is 0.407. The number of carbonyl (C=O) groups excluding carboxylic acids is 1. The molecule has 1 saturated carbocycles. The molecule has 5 nitrogen and oxygen atoms in total. The zero-order valence-corrected chi connectivity index (χ0v) is 18.8. The maximum absolute atomic E-state index is 13.8. The molecule has 3 N–H and O–H groups in total. The zero-order chi connectivity index (χ0) is 23.0. The number of hydrogen-bond donors (Lipinski definition) is 3. The highest BCUT2D eigenvalue weighted by atomic mass is 16.3. The minimum absolute atomic E-state index is 0.0000727. The number of phenolic OH excluding ortho intramolecular Hbond substituents is 1. The van der Waals surface area contributed by atoms with Gasteiger partial charge in [0.25, 0.3) is 5.56 Å². The number of nitrogens with one attached hydrogen (secondary N) is 1. The van der Waals surface area contributed by atoms with Gasteiger partial charge in [-0.05, 0) is 68.1 Å². The van der Waals surface area contributed by atoms with Gasteiger partial charge in [0, 0.05) is 17.7 Å². The Bertz CT molecular complexity index is 1130. The van der Waals surface area contributed by atoms with Crippen LogP contribution in [0.5, 0.6) is 11.5 Å². The molecule has 0 aliphatic heterocycles. The Morgan fingerprint density at radius 1 is 1.16 bits per heavy atom. The first kappa shape index (κ1) is 22.1. The number of allylic oxidation sites excluding steroid dienone is 4. The van der Waals surface area contributed by atoms with E-state index in [-0.39, 0.29) is 28.8 Å². The lowest BCUT2D eigenvalue weighted by molar-refractivity contribution is 0.0803. The van der Waals surface area contributed by atoms with Gasteiger partial charge in [-0.2, -0.15) is 0 Å². The van der Waals surface area contributed by atoms with E-state index in [1.807, 2.05) is 19.1 Å². The lowest BCUT2D eigenvalue weighted by Crippen LogP contribution is -2.40. The van der Waals surface area contributed by atoms with Crippen molar-refractivity contribution in [1.82, 2.24) is 4.98 Å². The molecule has 1 fully saturated rings. The number of fused-ring (bicyclic) bond motifs is 1. The maximum Gasteiger partial charge on any atom is 0.262 e. The fourth-order valence-corrected chi connectivity index (χ4v) is 5.71. The van der Waals surface area contributed by atoms with E-state index >= 15 is 0 Å². The second kappa shape index (κ2) is 8.81. The number of hydrogen-bond acceptors (Lipinski definition) is 4. The Morgan fingerprint density at radius 3 is 2.56 bits per heavy atom. The first-order valence-electron chi connectivity index (χ1n) is 11.4. The minimum atomic E-state index is -0.584. The maximum atomic E-state index is 13.8. The summed E-state index contributed by atoms with van der Waals surface area (Å²) in [5, 5.41) is 20.6. The number of aromatic nitrogens is 1. The van der Waals surface area contributed by atoms with E-state index in [0.717, 1.165) is 12.8 Å². The molecular weight excluding hydrogens is 402 g/mol. The lowest BCUT2D eigenvalue weighted by atomic mass is 9.59. The van der Waals surface area contributed by atoms with E-state index in [1.165, 1.54) is 30.3 Å². The van der Waals surface area contributed by atoms with Gasteiger partial charge in [-0.3, -0.25) is 9.59 Å². The molecule has 4 rings (SSSR count). The standard InChI is InChI=1S/C27H31NO4/c1-4-5-20-21-12-15(2)6-11-19(21)16(3)13-22(20)25(30)24-26(31)23(14-28-27(24)32)17-7-9-18(29)10-8-17/h4-5,7-10,13-15,19-22,29H,6,11-12H2,1-3H3,(H2,28,31,32)/b5-4+/t15-,19+,20+,21?,22+/m0/s1. The number of aromatic amines is 1. The van der Waals surface area contributed by atoms with Gasteiger partial charge in [-0.15, -0.1) is 0 Å². The van der Waals surface area contributed by atoms with Crippen molar-refractivity contribution in [3.8, 4) is 22.6 Å². The monoisotopic (exact) mass is 433 g/mol. The fourth-order valence-electron chi connectivity index (χ4n) is 5.71. The van der Waals surface area contributed by atoms with Crippen molar-refractivity contribution in [3.05, 3.63) is 70.2 Å². The first-order valence-corrected chi connectivity index (χ1v) is 11.4. The molecule has 0 saturated heterocycles. The molecule has 0 bridgehead atoms. The third-order valence-corrected chi connectivity index (χ3v) is 7.31. The quantitative estimate of drug-likeness (QED) is 0.441. The molecule has 0 spiro atoms. The normalized spacial score (nSPS) is 27.7. The molecule has 1 aromatic heterocycles. The third-order valence-electron chi connectivity index (χ3n) is 7.31. The smallest absolute Gasteiger partial charge is 0.262 e. The number of H-pyrrole nitrogens is 1. The number of pyridine rings is 1. The predicted octanol–water partition coefficient (Wildman–Crippen LogP) is 5.46. The molecule has 0 radical (unpaired) electrons. The molecule has 1 heterocycles.